The van der Waals surface area contributed by atoms with Crippen molar-refractivity contribution in [1.82, 2.24) is 9.80 Å². The average molecular weight is 836 g/mol. The van der Waals surface area contributed by atoms with E-state index in [1.165, 1.54) is 26.4 Å². The van der Waals surface area contributed by atoms with Crippen LogP contribution in [0, 0.1) is 0 Å². The second-order valence-electron chi connectivity index (χ2n) is 13.5. The monoisotopic (exact) mass is 835 g/mol. The fourth-order valence-corrected chi connectivity index (χ4v) is 6.33. The van der Waals surface area contributed by atoms with Gasteiger partial charge >= 0.3 is 0 Å². The minimum atomic E-state index is -0.582. The fraction of sp³-hybridized carbons (Fsp3) is 0.422. The predicted molar refractivity (Wildman–Crippen MR) is 228 cm³/mol. The van der Waals surface area contributed by atoms with E-state index in [-0.39, 0.29) is 11.3 Å². The molecule has 14 heteroatoms. The van der Waals surface area contributed by atoms with Crippen molar-refractivity contribution in [2.45, 2.75) is 26.1 Å². The first kappa shape index (κ1) is 46.8. The Kier molecular flexibility index (Phi) is 20.8. The SMILES string of the molecule is COc1cc(C(=O)CCCN2CCOCC2)cc(OC)c1OCc1ccccc1.COc1cc(C(=O)Cl)cc(OC)c1OCc1ccccc1.NCCN1CCOCC1. The van der Waals surface area contributed by atoms with Crippen molar-refractivity contribution in [3.05, 3.63) is 107 Å². The summed E-state index contributed by atoms with van der Waals surface area (Å²) in [7, 11) is 6.12. The first-order valence-corrected chi connectivity index (χ1v) is 20.1. The van der Waals surface area contributed by atoms with E-state index in [1.807, 2.05) is 60.7 Å². The van der Waals surface area contributed by atoms with Gasteiger partial charge in [-0.1, -0.05) is 60.7 Å². The van der Waals surface area contributed by atoms with E-state index in [9.17, 15) is 9.59 Å². The molecule has 2 saturated heterocycles. The van der Waals surface area contributed by atoms with Gasteiger partial charge in [0.2, 0.25) is 11.5 Å². The van der Waals surface area contributed by atoms with Gasteiger partial charge in [0.05, 0.1) is 54.9 Å². The normalized spacial score (nSPS) is 14.1. The van der Waals surface area contributed by atoms with Crippen LogP contribution in [-0.4, -0.2) is 122 Å². The predicted octanol–water partition coefficient (Wildman–Crippen LogP) is 6.52. The van der Waals surface area contributed by atoms with Gasteiger partial charge in [0.15, 0.2) is 28.8 Å². The third-order valence-electron chi connectivity index (χ3n) is 9.45. The van der Waals surface area contributed by atoms with Crippen LogP contribution < -0.4 is 34.2 Å². The third kappa shape index (κ3) is 15.7. The lowest BCUT2D eigenvalue weighted by atomic mass is 10.0. The maximum Gasteiger partial charge on any atom is 0.252 e. The van der Waals surface area contributed by atoms with Gasteiger partial charge in [0, 0.05) is 56.8 Å². The Labute approximate surface area is 353 Å². The molecule has 4 aromatic rings. The largest absolute Gasteiger partial charge is 0.493 e. The number of methoxy groups -OCH3 is 4. The smallest absolute Gasteiger partial charge is 0.252 e. The van der Waals surface area contributed by atoms with Crippen molar-refractivity contribution in [2.24, 2.45) is 5.73 Å². The average Bonchev–Trinajstić information content (AvgIpc) is 3.28. The molecule has 320 valence electrons. The Morgan fingerprint density at radius 2 is 1.00 bits per heavy atom. The van der Waals surface area contributed by atoms with Gasteiger partial charge in [-0.25, -0.2) is 0 Å². The van der Waals surface area contributed by atoms with Gasteiger partial charge in [0.25, 0.3) is 5.24 Å². The molecule has 2 aliphatic rings. The zero-order valence-electron chi connectivity index (χ0n) is 34.6. The summed E-state index contributed by atoms with van der Waals surface area (Å²) in [6, 6.07) is 26.1. The van der Waals surface area contributed by atoms with E-state index in [1.54, 1.807) is 26.4 Å². The van der Waals surface area contributed by atoms with Crippen LogP contribution in [0.4, 0.5) is 0 Å². The maximum absolute atomic E-state index is 12.7. The summed E-state index contributed by atoms with van der Waals surface area (Å²) in [4.78, 5) is 28.7. The van der Waals surface area contributed by atoms with Crippen molar-refractivity contribution < 1.29 is 47.5 Å². The molecule has 2 heterocycles. The lowest BCUT2D eigenvalue weighted by Gasteiger charge is -2.26. The van der Waals surface area contributed by atoms with Crippen LogP contribution in [0.5, 0.6) is 34.5 Å². The highest BCUT2D eigenvalue weighted by Gasteiger charge is 2.20. The number of ether oxygens (including phenoxy) is 8. The number of rotatable bonds is 18. The minimum absolute atomic E-state index is 0.0736. The van der Waals surface area contributed by atoms with Crippen molar-refractivity contribution in [2.75, 3.05) is 101 Å². The number of morpholine rings is 2. The summed E-state index contributed by atoms with van der Waals surface area (Å²) in [6.07, 6.45) is 1.30. The number of nitrogens with two attached hydrogens (primary N) is 1. The van der Waals surface area contributed by atoms with E-state index in [0.29, 0.717) is 59.7 Å². The second-order valence-corrected chi connectivity index (χ2v) is 13.8. The Morgan fingerprint density at radius 3 is 1.37 bits per heavy atom. The van der Waals surface area contributed by atoms with Gasteiger partial charge in [-0.15, -0.1) is 0 Å². The zero-order valence-corrected chi connectivity index (χ0v) is 35.4. The van der Waals surface area contributed by atoms with Gasteiger partial charge in [0.1, 0.15) is 13.2 Å². The maximum atomic E-state index is 12.7. The molecule has 0 unspecified atom stereocenters. The van der Waals surface area contributed by atoms with Crippen molar-refractivity contribution in [3.63, 3.8) is 0 Å². The highest BCUT2D eigenvalue weighted by Crippen LogP contribution is 2.40. The molecule has 6 rings (SSSR count). The van der Waals surface area contributed by atoms with Crippen LogP contribution in [0.25, 0.3) is 0 Å². The molecule has 59 heavy (non-hydrogen) atoms. The molecule has 13 nitrogen and oxygen atoms in total. The number of hydrogen-bond acceptors (Lipinski definition) is 13. The fourth-order valence-electron chi connectivity index (χ4n) is 6.22. The first-order chi connectivity index (χ1) is 28.8. The van der Waals surface area contributed by atoms with E-state index in [0.717, 1.165) is 89.8 Å². The highest BCUT2D eigenvalue weighted by atomic mass is 35.5. The van der Waals surface area contributed by atoms with Gasteiger partial charge in [-0.3, -0.25) is 19.4 Å². The molecule has 4 aromatic carbocycles. The molecule has 0 aliphatic carbocycles. The van der Waals surface area contributed by atoms with Crippen molar-refractivity contribution in [3.8, 4) is 34.5 Å². The van der Waals surface area contributed by atoms with Crippen LogP contribution in [0.3, 0.4) is 0 Å². The molecular formula is C45H58ClN3O10. The number of carbonyl (C=O) groups excluding carboxylic acids is 2. The molecule has 0 amide bonds. The lowest BCUT2D eigenvalue weighted by Crippen LogP contribution is -2.39. The van der Waals surface area contributed by atoms with Gasteiger partial charge in [-0.2, -0.15) is 0 Å². The molecule has 0 saturated carbocycles. The number of benzene rings is 4. The number of nitrogens with zero attached hydrogens (tertiary/aromatic N) is 2. The second kappa shape index (κ2) is 26.3. The quantitative estimate of drug-likeness (QED) is 0.0861. The van der Waals surface area contributed by atoms with Crippen LogP contribution in [0.15, 0.2) is 84.9 Å². The van der Waals surface area contributed by atoms with Crippen LogP contribution in [-0.2, 0) is 22.7 Å². The number of carbonyl (C=O) groups is 2. The number of hydrogen-bond donors (Lipinski definition) is 1. The topological polar surface area (TPSA) is 140 Å². The minimum Gasteiger partial charge on any atom is -0.493 e. The van der Waals surface area contributed by atoms with E-state index >= 15 is 0 Å². The summed E-state index contributed by atoms with van der Waals surface area (Å²) in [6.45, 7) is 10.7. The molecular weight excluding hydrogens is 778 g/mol. The molecule has 2 aliphatic heterocycles. The molecule has 2 N–H and O–H groups in total. The highest BCUT2D eigenvalue weighted by molar-refractivity contribution is 6.67. The first-order valence-electron chi connectivity index (χ1n) is 19.7. The standard InChI is InChI=1S/C23H29NO5.C16H15ClO4.C6H14N2O/c1-26-21-15-19(20(25)9-6-10-24-11-13-28-14-12-24)16-22(27-2)23(21)29-17-18-7-4-3-5-8-18;1-19-13-8-12(16(17)18)9-14(20-2)15(13)21-10-11-6-4-3-5-7-11;7-1-2-8-3-5-9-6-4-8/h3-5,7-8,15-16H,6,9-14,17H2,1-2H3;3-9H,10H2,1-2H3;1-7H2. The van der Waals surface area contributed by atoms with Crippen LogP contribution in [0.2, 0.25) is 0 Å². The Balaban J connectivity index is 0.000000222. The summed E-state index contributed by atoms with van der Waals surface area (Å²) in [5.74, 6) is 2.80. The van der Waals surface area contributed by atoms with E-state index < -0.39 is 5.24 Å². The van der Waals surface area contributed by atoms with Crippen LogP contribution in [0.1, 0.15) is 44.7 Å². The summed E-state index contributed by atoms with van der Waals surface area (Å²) in [5.41, 5.74) is 8.30. The van der Waals surface area contributed by atoms with Crippen LogP contribution >= 0.6 is 11.6 Å². The van der Waals surface area contributed by atoms with Gasteiger partial charge in [-0.05, 0) is 60.0 Å². The number of halogens is 1. The molecule has 0 atom stereocenters. The molecule has 0 spiro atoms. The summed E-state index contributed by atoms with van der Waals surface area (Å²) >= 11 is 5.50. The Hall–Kier alpha value is -4.89. The molecule has 0 bridgehead atoms. The van der Waals surface area contributed by atoms with Gasteiger partial charge < -0.3 is 43.6 Å². The van der Waals surface area contributed by atoms with Crippen molar-refractivity contribution in [1.29, 1.82) is 0 Å². The van der Waals surface area contributed by atoms with Crippen molar-refractivity contribution >= 4 is 22.6 Å². The number of Topliss-reactive ketones (excluding diaryl/α,β-unsaturated/α-hetero) is 1. The Morgan fingerprint density at radius 1 is 0.610 bits per heavy atom. The summed E-state index contributed by atoms with van der Waals surface area (Å²) < 4.78 is 43.7. The van der Waals surface area contributed by atoms with E-state index in [2.05, 4.69) is 9.80 Å². The molecule has 2 fully saturated rings. The zero-order chi connectivity index (χ0) is 42.2. The van der Waals surface area contributed by atoms with E-state index in [4.69, 9.17) is 55.2 Å². The summed E-state index contributed by atoms with van der Waals surface area (Å²) in [5, 5.41) is -0.582. The molecule has 0 radical (unpaired) electrons. The Bertz CT molecular complexity index is 1790. The third-order valence-corrected chi connectivity index (χ3v) is 9.67. The molecule has 0 aromatic heterocycles. The number of ketones is 1. The lowest BCUT2D eigenvalue weighted by molar-refractivity contribution is 0.0371.